The summed E-state index contributed by atoms with van der Waals surface area (Å²) >= 11 is 0. The van der Waals surface area contributed by atoms with Crippen molar-refractivity contribution in [3.8, 4) is 11.1 Å². The fourth-order valence-corrected chi connectivity index (χ4v) is 1.50. The Bertz CT molecular complexity index is 497. The van der Waals surface area contributed by atoms with Gasteiger partial charge in [0.2, 0.25) is 0 Å². The van der Waals surface area contributed by atoms with Crippen molar-refractivity contribution in [1.29, 1.82) is 0 Å². The van der Waals surface area contributed by atoms with Crippen molar-refractivity contribution in [2.24, 2.45) is 0 Å². The Morgan fingerprint density at radius 3 is 1.75 bits per heavy atom. The van der Waals surface area contributed by atoms with Gasteiger partial charge < -0.3 is 5.11 Å². The van der Waals surface area contributed by atoms with Gasteiger partial charge >= 0.3 is 0 Å². The van der Waals surface area contributed by atoms with E-state index in [1.165, 1.54) is 12.1 Å². The van der Waals surface area contributed by atoms with Gasteiger partial charge in [-0.15, -0.1) is 0 Å². The minimum atomic E-state index is -0.246. The molecule has 0 bridgehead atoms. The number of aliphatic hydroxyl groups excluding tert-OH is 1. The third kappa shape index (κ3) is 2.11. The summed E-state index contributed by atoms with van der Waals surface area (Å²) < 4.78 is 12.7. The molecule has 0 aliphatic rings. The fourth-order valence-electron chi connectivity index (χ4n) is 1.50. The van der Waals surface area contributed by atoms with Gasteiger partial charge in [0.25, 0.3) is 0 Å². The zero-order chi connectivity index (χ0) is 11.5. The summed E-state index contributed by atoms with van der Waals surface area (Å²) in [7, 11) is 0. The van der Waals surface area contributed by atoms with Gasteiger partial charge in [0.05, 0.1) is 0 Å². The first-order chi connectivity index (χ1) is 7.66. The van der Waals surface area contributed by atoms with Gasteiger partial charge in [0, 0.05) is 5.56 Å². The van der Waals surface area contributed by atoms with Gasteiger partial charge in [-0.1, -0.05) is 43.0 Å². The average molecular weight is 214 g/mol. The molecule has 0 radical (unpaired) electrons. The molecule has 0 fully saturated rings. The van der Waals surface area contributed by atoms with Gasteiger partial charge in [-0.25, -0.2) is 4.39 Å². The molecule has 16 heavy (non-hydrogen) atoms. The first-order valence-corrected chi connectivity index (χ1v) is 4.91. The van der Waals surface area contributed by atoms with Crippen LogP contribution < -0.4 is 0 Å². The minimum absolute atomic E-state index is 0.0469. The van der Waals surface area contributed by atoms with E-state index >= 15 is 0 Å². The minimum Gasteiger partial charge on any atom is -0.508 e. The molecule has 0 saturated carbocycles. The lowest BCUT2D eigenvalue weighted by Gasteiger charge is -2.03. The van der Waals surface area contributed by atoms with Crippen molar-refractivity contribution >= 4 is 5.76 Å². The lowest BCUT2D eigenvalue weighted by molar-refractivity contribution is 0.514. The van der Waals surface area contributed by atoms with Crippen molar-refractivity contribution < 1.29 is 9.50 Å². The van der Waals surface area contributed by atoms with Crippen LogP contribution in [0.3, 0.4) is 0 Å². The molecule has 0 aliphatic carbocycles. The summed E-state index contributed by atoms with van der Waals surface area (Å²) in [6.07, 6.45) is 0. The van der Waals surface area contributed by atoms with Crippen LogP contribution in [0.15, 0.2) is 55.1 Å². The van der Waals surface area contributed by atoms with Crippen LogP contribution in [0, 0.1) is 5.82 Å². The molecule has 1 nitrogen and oxygen atoms in total. The van der Waals surface area contributed by atoms with Crippen LogP contribution in [-0.2, 0) is 0 Å². The van der Waals surface area contributed by atoms with E-state index in [-0.39, 0.29) is 11.6 Å². The molecular formula is C14H11FO. The van der Waals surface area contributed by atoms with Gasteiger partial charge in [-0.05, 0) is 23.3 Å². The van der Waals surface area contributed by atoms with E-state index < -0.39 is 0 Å². The maximum absolute atomic E-state index is 12.7. The quantitative estimate of drug-likeness (QED) is 0.748. The normalized spacial score (nSPS) is 10.1. The third-order valence-electron chi connectivity index (χ3n) is 2.40. The predicted molar refractivity (Wildman–Crippen MR) is 63.5 cm³/mol. The van der Waals surface area contributed by atoms with Crippen LogP contribution in [0.5, 0.6) is 0 Å². The van der Waals surface area contributed by atoms with Crippen LogP contribution >= 0.6 is 0 Å². The maximum atomic E-state index is 12.7. The van der Waals surface area contributed by atoms with E-state index in [1.807, 2.05) is 12.1 Å². The van der Waals surface area contributed by atoms with Crippen LogP contribution in [0.1, 0.15) is 5.56 Å². The zero-order valence-corrected chi connectivity index (χ0v) is 8.65. The Morgan fingerprint density at radius 1 is 0.875 bits per heavy atom. The first kappa shape index (κ1) is 10.4. The van der Waals surface area contributed by atoms with Crippen LogP contribution in [0.2, 0.25) is 0 Å². The Hall–Kier alpha value is -2.09. The number of aliphatic hydroxyl groups is 1. The monoisotopic (exact) mass is 214 g/mol. The highest BCUT2D eigenvalue weighted by molar-refractivity contribution is 5.66. The molecule has 0 amide bonds. The van der Waals surface area contributed by atoms with Gasteiger partial charge in [0.15, 0.2) is 0 Å². The predicted octanol–water partition coefficient (Wildman–Crippen LogP) is 4.02. The topological polar surface area (TPSA) is 20.2 Å². The van der Waals surface area contributed by atoms with Crippen molar-refractivity contribution in [3.63, 3.8) is 0 Å². The van der Waals surface area contributed by atoms with Gasteiger partial charge in [-0.3, -0.25) is 0 Å². The highest BCUT2D eigenvalue weighted by Gasteiger charge is 1.99. The second-order valence-electron chi connectivity index (χ2n) is 3.53. The molecule has 1 N–H and O–H groups in total. The van der Waals surface area contributed by atoms with Crippen LogP contribution in [0.25, 0.3) is 16.9 Å². The summed E-state index contributed by atoms with van der Waals surface area (Å²) in [5.41, 5.74) is 2.60. The highest BCUT2D eigenvalue weighted by atomic mass is 19.1. The molecule has 0 atom stereocenters. The molecule has 0 aliphatic heterocycles. The second kappa shape index (κ2) is 4.19. The number of halogens is 1. The molecule has 2 heteroatoms. The molecule has 0 aromatic heterocycles. The van der Waals surface area contributed by atoms with Crippen molar-refractivity contribution in [3.05, 3.63) is 66.5 Å². The number of benzene rings is 2. The molecule has 2 rings (SSSR count). The number of hydrogen-bond donors (Lipinski definition) is 1. The lowest BCUT2D eigenvalue weighted by Crippen LogP contribution is -1.82. The number of hydrogen-bond acceptors (Lipinski definition) is 1. The zero-order valence-electron chi connectivity index (χ0n) is 8.65. The standard InChI is InChI=1S/C14H11FO/c1-10(16)11-2-4-12(5-3-11)13-6-8-14(15)9-7-13/h2-9,16H,1H2. The molecule has 2 aromatic carbocycles. The fraction of sp³-hybridized carbons (Fsp3) is 0. The summed E-state index contributed by atoms with van der Waals surface area (Å²) in [4.78, 5) is 0. The lowest BCUT2D eigenvalue weighted by atomic mass is 10.0. The molecular weight excluding hydrogens is 203 g/mol. The highest BCUT2D eigenvalue weighted by Crippen LogP contribution is 2.21. The summed E-state index contributed by atoms with van der Waals surface area (Å²) in [6, 6.07) is 13.6. The number of rotatable bonds is 2. The molecule has 2 aromatic rings. The third-order valence-corrected chi connectivity index (χ3v) is 2.40. The molecule has 80 valence electrons. The molecule has 0 heterocycles. The van der Waals surface area contributed by atoms with E-state index in [0.29, 0.717) is 5.56 Å². The van der Waals surface area contributed by atoms with Crippen LogP contribution in [0.4, 0.5) is 4.39 Å². The average Bonchev–Trinajstić information content (AvgIpc) is 2.30. The Morgan fingerprint density at radius 2 is 1.31 bits per heavy atom. The Kier molecular flexibility index (Phi) is 2.73. The summed E-state index contributed by atoms with van der Waals surface area (Å²) in [6.45, 7) is 3.45. The molecule has 0 spiro atoms. The summed E-state index contributed by atoms with van der Waals surface area (Å²) in [5.74, 6) is -0.199. The Labute approximate surface area is 93.5 Å². The largest absolute Gasteiger partial charge is 0.508 e. The van der Waals surface area contributed by atoms with Crippen molar-refractivity contribution in [2.75, 3.05) is 0 Å². The van der Waals surface area contributed by atoms with Crippen LogP contribution in [-0.4, -0.2) is 5.11 Å². The van der Waals surface area contributed by atoms with E-state index in [9.17, 15) is 9.50 Å². The van der Waals surface area contributed by atoms with E-state index in [2.05, 4.69) is 6.58 Å². The smallest absolute Gasteiger partial charge is 0.123 e. The molecule has 0 unspecified atom stereocenters. The van der Waals surface area contributed by atoms with Crippen molar-refractivity contribution in [2.45, 2.75) is 0 Å². The van der Waals surface area contributed by atoms with Crippen molar-refractivity contribution in [1.82, 2.24) is 0 Å². The SMILES string of the molecule is C=C(O)c1ccc(-c2ccc(F)cc2)cc1. The van der Waals surface area contributed by atoms with E-state index in [4.69, 9.17) is 0 Å². The van der Waals surface area contributed by atoms with E-state index in [0.717, 1.165) is 11.1 Å². The first-order valence-electron chi connectivity index (χ1n) is 4.91. The van der Waals surface area contributed by atoms with E-state index in [1.54, 1.807) is 24.3 Å². The Balaban J connectivity index is 2.34. The maximum Gasteiger partial charge on any atom is 0.123 e. The molecule has 0 saturated heterocycles. The van der Waals surface area contributed by atoms with Gasteiger partial charge in [-0.2, -0.15) is 0 Å². The second-order valence-corrected chi connectivity index (χ2v) is 3.53. The van der Waals surface area contributed by atoms with Gasteiger partial charge in [0.1, 0.15) is 11.6 Å². The summed E-state index contributed by atoms with van der Waals surface area (Å²) in [5, 5.41) is 9.18.